The Bertz CT molecular complexity index is 782. The number of thioether (sulfide) groups is 1. The molecular formula is C18H19NO3S. The van der Waals surface area contributed by atoms with Gasteiger partial charge in [0.1, 0.15) is 11.5 Å². The summed E-state index contributed by atoms with van der Waals surface area (Å²) in [4.78, 5) is 16.7. The fourth-order valence-electron chi connectivity index (χ4n) is 2.64. The molecule has 1 aromatic carbocycles. The van der Waals surface area contributed by atoms with Gasteiger partial charge in [0.15, 0.2) is 0 Å². The molecule has 0 bridgehead atoms. The van der Waals surface area contributed by atoms with E-state index in [0.717, 1.165) is 17.2 Å². The van der Waals surface area contributed by atoms with Crippen molar-refractivity contribution >= 4 is 17.5 Å². The normalized spacial score (nSPS) is 18.2. The second-order valence-corrected chi connectivity index (χ2v) is 6.73. The van der Waals surface area contributed by atoms with E-state index in [1.807, 2.05) is 36.0 Å². The number of hydrogen-bond donors (Lipinski definition) is 0. The minimum absolute atomic E-state index is 0.257. The van der Waals surface area contributed by atoms with E-state index in [2.05, 4.69) is 17.1 Å². The summed E-state index contributed by atoms with van der Waals surface area (Å²) < 4.78 is 10.5. The van der Waals surface area contributed by atoms with Gasteiger partial charge >= 0.3 is 5.63 Å². The molecule has 0 N–H and O–H groups in total. The molecule has 23 heavy (non-hydrogen) atoms. The standard InChI is InChI=1S/C18H19NO3S/c1-12-6-7-15(18(20)22-12)16-11-17(23-9-8-19-16)13-4-3-5-14(10-13)21-2/h3-7,10,17H,8-9,11H2,1-2H3. The molecule has 1 aliphatic rings. The number of benzene rings is 1. The van der Waals surface area contributed by atoms with Crippen LogP contribution in [0.15, 0.2) is 50.6 Å². The number of aryl methyl sites for hydroxylation is 1. The maximum atomic E-state index is 12.1. The first-order chi connectivity index (χ1) is 11.2. The number of aliphatic imine (C=N–C) groups is 1. The van der Waals surface area contributed by atoms with Gasteiger partial charge < -0.3 is 9.15 Å². The first kappa shape index (κ1) is 15.9. The lowest BCUT2D eigenvalue weighted by atomic mass is 10.0. The molecule has 0 saturated heterocycles. The van der Waals surface area contributed by atoms with Gasteiger partial charge in [-0.1, -0.05) is 12.1 Å². The molecule has 4 nitrogen and oxygen atoms in total. The minimum Gasteiger partial charge on any atom is -0.497 e. The lowest BCUT2D eigenvalue weighted by molar-refractivity contribution is 0.414. The number of methoxy groups -OCH3 is 1. The maximum Gasteiger partial charge on any atom is 0.345 e. The van der Waals surface area contributed by atoms with Gasteiger partial charge in [-0.2, -0.15) is 11.8 Å². The molecule has 5 heteroatoms. The minimum atomic E-state index is -0.306. The Morgan fingerprint density at radius 3 is 2.96 bits per heavy atom. The van der Waals surface area contributed by atoms with Gasteiger partial charge in [0, 0.05) is 24.0 Å². The van der Waals surface area contributed by atoms with Gasteiger partial charge in [0.2, 0.25) is 0 Å². The molecule has 1 unspecified atom stereocenters. The van der Waals surface area contributed by atoms with Crippen LogP contribution in [0.2, 0.25) is 0 Å². The summed E-state index contributed by atoms with van der Waals surface area (Å²) in [5.74, 6) is 2.40. The predicted octanol–water partition coefficient (Wildman–Crippen LogP) is 3.62. The Balaban J connectivity index is 1.91. The van der Waals surface area contributed by atoms with E-state index in [0.29, 0.717) is 24.3 Å². The van der Waals surface area contributed by atoms with Crippen molar-refractivity contribution in [2.75, 3.05) is 19.4 Å². The highest BCUT2D eigenvalue weighted by Gasteiger charge is 2.21. The highest BCUT2D eigenvalue weighted by atomic mass is 32.2. The number of rotatable bonds is 3. The van der Waals surface area contributed by atoms with Crippen molar-refractivity contribution in [2.24, 2.45) is 4.99 Å². The molecule has 0 aliphatic carbocycles. The third kappa shape index (κ3) is 3.67. The van der Waals surface area contributed by atoms with E-state index >= 15 is 0 Å². The van der Waals surface area contributed by atoms with Gasteiger partial charge in [-0.15, -0.1) is 0 Å². The van der Waals surface area contributed by atoms with Crippen LogP contribution in [0.5, 0.6) is 5.75 Å². The summed E-state index contributed by atoms with van der Waals surface area (Å²) in [5.41, 5.74) is 2.29. The third-order valence-electron chi connectivity index (χ3n) is 3.83. The summed E-state index contributed by atoms with van der Waals surface area (Å²) in [6.45, 7) is 2.49. The Kier molecular flexibility index (Phi) is 4.86. The van der Waals surface area contributed by atoms with Crippen molar-refractivity contribution in [3.05, 3.63) is 63.7 Å². The molecule has 3 rings (SSSR count). The Morgan fingerprint density at radius 1 is 1.30 bits per heavy atom. The second kappa shape index (κ2) is 7.04. The highest BCUT2D eigenvalue weighted by molar-refractivity contribution is 7.99. The van der Waals surface area contributed by atoms with Gasteiger partial charge in [0.25, 0.3) is 0 Å². The lowest BCUT2D eigenvalue weighted by Gasteiger charge is -2.16. The van der Waals surface area contributed by atoms with E-state index in [4.69, 9.17) is 9.15 Å². The van der Waals surface area contributed by atoms with Gasteiger partial charge in [0.05, 0.1) is 18.4 Å². The molecule has 0 fully saturated rings. The summed E-state index contributed by atoms with van der Waals surface area (Å²) >= 11 is 1.86. The molecule has 120 valence electrons. The first-order valence-electron chi connectivity index (χ1n) is 7.57. The number of nitrogens with zero attached hydrogens (tertiary/aromatic N) is 1. The van der Waals surface area contributed by atoms with E-state index in [1.54, 1.807) is 14.0 Å². The van der Waals surface area contributed by atoms with Crippen LogP contribution in [0.4, 0.5) is 0 Å². The van der Waals surface area contributed by atoms with Crippen molar-refractivity contribution in [3.8, 4) is 5.75 Å². The van der Waals surface area contributed by atoms with Crippen molar-refractivity contribution in [1.29, 1.82) is 0 Å². The Morgan fingerprint density at radius 2 is 2.17 bits per heavy atom. The zero-order valence-corrected chi connectivity index (χ0v) is 14.1. The molecule has 0 amide bonds. The van der Waals surface area contributed by atoms with E-state index in [-0.39, 0.29) is 10.9 Å². The number of hydrogen-bond acceptors (Lipinski definition) is 5. The van der Waals surface area contributed by atoms with Crippen molar-refractivity contribution in [3.63, 3.8) is 0 Å². The lowest BCUT2D eigenvalue weighted by Crippen LogP contribution is -2.16. The molecular weight excluding hydrogens is 310 g/mol. The average Bonchev–Trinajstić information content (AvgIpc) is 2.81. The van der Waals surface area contributed by atoms with Gasteiger partial charge in [-0.25, -0.2) is 4.79 Å². The van der Waals surface area contributed by atoms with Crippen LogP contribution in [0, 0.1) is 6.92 Å². The van der Waals surface area contributed by atoms with E-state index in [9.17, 15) is 4.79 Å². The molecule has 1 aromatic heterocycles. The van der Waals surface area contributed by atoms with Crippen LogP contribution in [0.25, 0.3) is 0 Å². The molecule has 0 radical (unpaired) electrons. The molecule has 1 atom stereocenters. The quantitative estimate of drug-likeness (QED) is 0.863. The molecule has 1 aliphatic heterocycles. The van der Waals surface area contributed by atoms with Crippen molar-refractivity contribution in [2.45, 2.75) is 18.6 Å². The zero-order chi connectivity index (χ0) is 16.2. The predicted molar refractivity (Wildman–Crippen MR) is 93.9 cm³/mol. The topological polar surface area (TPSA) is 51.8 Å². The van der Waals surface area contributed by atoms with Gasteiger partial charge in [-0.05, 0) is 36.8 Å². The number of ether oxygens (including phenoxy) is 1. The second-order valence-electron chi connectivity index (χ2n) is 5.42. The highest BCUT2D eigenvalue weighted by Crippen LogP contribution is 2.36. The first-order valence-corrected chi connectivity index (χ1v) is 8.62. The van der Waals surface area contributed by atoms with E-state index < -0.39 is 0 Å². The molecule has 0 spiro atoms. The molecule has 0 saturated carbocycles. The van der Waals surface area contributed by atoms with Crippen molar-refractivity contribution < 1.29 is 9.15 Å². The summed E-state index contributed by atoms with van der Waals surface area (Å²) in [6, 6.07) is 11.7. The largest absolute Gasteiger partial charge is 0.497 e. The fraction of sp³-hybridized carbons (Fsp3) is 0.333. The maximum absolute atomic E-state index is 12.1. The fourth-order valence-corrected chi connectivity index (χ4v) is 3.74. The van der Waals surface area contributed by atoms with Crippen LogP contribution < -0.4 is 10.4 Å². The molecule has 2 heterocycles. The Labute approximate surface area is 139 Å². The van der Waals surface area contributed by atoms with Crippen molar-refractivity contribution in [1.82, 2.24) is 0 Å². The zero-order valence-electron chi connectivity index (χ0n) is 13.2. The smallest absolute Gasteiger partial charge is 0.345 e. The van der Waals surface area contributed by atoms with Crippen LogP contribution in [-0.2, 0) is 0 Å². The summed E-state index contributed by atoms with van der Waals surface area (Å²) in [6.07, 6.45) is 0.714. The Hall–Kier alpha value is -2.01. The summed E-state index contributed by atoms with van der Waals surface area (Å²) in [7, 11) is 1.67. The van der Waals surface area contributed by atoms with Crippen LogP contribution in [-0.4, -0.2) is 25.1 Å². The SMILES string of the molecule is COc1cccc(C2CC(c3ccc(C)oc3=O)=NCCS2)c1. The third-order valence-corrected chi connectivity index (χ3v) is 5.09. The van der Waals surface area contributed by atoms with E-state index in [1.165, 1.54) is 5.56 Å². The average molecular weight is 329 g/mol. The van der Waals surface area contributed by atoms with Crippen LogP contribution >= 0.6 is 11.8 Å². The van der Waals surface area contributed by atoms with Crippen LogP contribution in [0.1, 0.15) is 28.6 Å². The summed E-state index contributed by atoms with van der Waals surface area (Å²) in [5, 5.41) is 0.257. The van der Waals surface area contributed by atoms with Gasteiger partial charge in [-0.3, -0.25) is 4.99 Å². The van der Waals surface area contributed by atoms with Crippen LogP contribution in [0.3, 0.4) is 0 Å². The molecule has 2 aromatic rings. The monoisotopic (exact) mass is 329 g/mol.